The van der Waals surface area contributed by atoms with E-state index in [0.29, 0.717) is 41.5 Å². The fraction of sp³-hybridized carbons (Fsp3) is 0.933. The molecule has 5 heteroatoms. The van der Waals surface area contributed by atoms with E-state index in [1.807, 2.05) is 0 Å². The molecule has 4 saturated carbocycles. The first kappa shape index (κ1) is 27.4. The molecule has 0 radical (unpaired) electrons. The van der Waals surface area contributed by atoms with Gasteiger partial charge < -0.3 is 9.53 Å². The fourth-order valence-corrected chi connectivity index (χ4v) is 10.5. The summed E-state index contributed by atoms with van der Waals surface area (Å²) in [5.41, 5.74) is 0.459. The number of carboxylic acids is 1. The number of ketones is 1. The number of carbonyl (C=O) groups is 2. The third-order valence-electron chi connectivity index (χ3n) is 12.3. The van der Waals surface area contributed by atoms with Crippen LogP contribution in [0.1, 0.15) is 106 Å². The molecule has 35 heavy (non-hydrogen) atoms. The predicted molar refractivity (Wildman–Crippen MR) is 144 cm³/mol. The molecule has 0 bridgehead atoms. The summed E-state index contributed by atoms with van der Waals surface area (Å²) in [6.07, 6.45) is 10.2. The maximum atomic E-state index is 13.8. The SMILES string of the molecule is C[C@H](CCC(=O)O)[C@H]1CC[C@H]2[C@@H]3C(=O)C[C@@H]4CC(O[Si](C)(C)C(C)(C)C)CC[C@]4(C)[C@H]3CC[C@]12C. The van der Waals surface area contributed by atoms with Crippen molar-refractivity contribution in [3.8, 4) is 0 Å². The van der Waals surface area contributed by atoms with Crippen LogP contribution in [0.25, 0.3) is 0 Å². The molecule has 4 rings (SSSR count). The molecule has 0 heterocycles. The third kappa shape index (κ3) is 4.71. The van der Waals surface area contributed by atoms with Crippen LogP contribution in [-0.4, -0.2) is 31.3 Å². The molecule has 1 unspecified atom stereocenters. The molecule has 0 aromatic carbocycles. The van der Waals surface area contributed by atoms with Gasteiger partial charge in [-0.15, -0.1) is 0 Å². The van der Waals surface area contributed by atoms with Gasteiger partial charge in [-0.2, -0.15) is 0 Å². The summed E-state index contributed by atoms with van der Waals surface area (Å²) < 4.78 is 6.86. The Balaban J connectivity index is 1.49. The van der Waals surface area contributed by atoms with Crippen LogP contribution in [0.2, 0.25) is 18.1 Å². The lowest BCUT2D eigenvalue weighted by Gasteiger charge is -2.61. The number of carbonyl (C=O) groups excluding carboxylic acids is 1. The lowest BCUT2D eigenvalue weighted by molar-refractivity contribution is -0.160. The van der Waals surface area contributed by atoms with Gasteiger partial charge in [0.15, 0.2) is 8.32 Å². The number of hydrogen-bond donors (Lipinski definition) is 1. The lowest BCUT2D eigenvalue weighted by atomic mass is 9.44. The molecule has 4 nitrogen and oxygen atoms in total. The van der Waals surface area contributed by atoms with E-state index in [0.717, 1.165) is 32.1 Å². The Morgan fingerprint density at radius 1 is 1.09 bits per heavy atom. The van der Waals surface area contributed by atoms with Crippen LogP contribution in [0, 0.1) is 46.3 Å². The highest BCUT2D eigenvalue weighted by Gasteiger charge is 2.63. The fourth-order valence-electron chi connectivity index (χ4n) is 9.12. The Morgan fingerprint density at radius 2 is 1.71 bits per heavy atom. The van der Waals surface area contributed by atoms with Crippen molar-refractivity contribution in [1.82, 2.24) is 0 Å². The van der Waals surface area contributed by atoms with Gasteiger partial charge >= 0.3 is 5.97 Å². The molecule has 0 aromatic rings. The van der Waals surface area contributed by atoms with Gasteiger partial charge in [0, 0.05) is 24.9 Å². The zero-order chi connectivity index (χ0) is 26.0. The van der Waals surface area contributed by atoms with Crippen molar-refractivity contribution < 1.29 is 19.1 Å². The van der Waals surface area contributed by atoms with Crippen molar-refractivity contribution in [3.05, 3.63) is 0 Å². The summed E-state index contributed by atoms with van der Waals surface area (Å²) in [5, 5.41) is 9.42. The van der Waals surface area contributed by atoms with Crippen molar-refractivity contribution in [1.29, 1.82) is 0 Å². The summed E-state index contributed by atoms with van der Waals surface area (Å²) in [4.78, 5) is 25.0. The van der Waals surface area contributed by atoms with Crippen LogP contribution >= 0.6 is 0 Å². The number of hydrogen-bond acceptors (Lipinski definition) is 3. The molecule has 4 aliphatic rings. The molecule has 9 atom stereocenters. The molecule has 200 valence electrons. The number of carboxylic acid groups (broad SMARTS) is 1. The van der Waals surface area contributed by atoms with Gasteiger partial charge in [0.05, 0.1) is 0 Å². The molecular weight excluding hydrogens is 452 g/mol. The summed E-state index contributed by atoms with van der Waals surface area (Å²) in [5.74, 6) is 2.54. The van der Waals surface area contributed by atoms with E-state index < -0.39 is 14.3 Å². The zero-order valence-corrected chi connectivity index (χ0v) is 24.8. The molecule has 0 amide bonds. The minimum absolute atomic E-state index is 0.195. The first-order valence-electron chi connectivity index (χ1n) is 14.5. The van der Waals surface area contributed by atoms with Crippen LogP contribution in [0.15, 0.2) is 0 Å². The van der Waals surface area contributed by atoms with Crippen molar-refractivity contribution in [3.63, 3.8) is 0 Å². The van der Waals surface area contributed by atoms with Gasteiger partial charge in [-0.25, -0.2) is 0 Å². The number of rotatable bonds is 6. The zero-order valence-electron chi connectivity index (χ0n) is 23.8. The maximum absolute atomic E-state index is 13.8. The maximum Gasteiger partial charge on any atom is 0.303 e. The molecule has 0 aliphatic heterocycles. The van der Waals surface area contributed by atoms with Crippen LogP contribution < -0.4 is 0 Å². The quantitative estimate of drug-likeness (QED) is 0.376. The summed E-state index contributed by atoms with van der Waals surface area (Å²) >= 11 is 0. The van der Waals surface area contributed by atoms with Gasteiger partial charge in [-0.05, 0) is 110 Å². The Morgan fingerprint density at radius 3 is 2.34 bits per heavy atom. The van der Waals surface area contributed by atoms with Gasteiger partial charge in [0.2, 0.25) is 0 Å². The van der Waals surface area contributed by atoms with E-state index in [2.05, 4.69) is 54.6 Å². The minimum atomic E-state index is -1.81. The van der Waals surface area contributed by atoms with Crippen molar-refractivity contribution in [2.45, 2.75) is 130 Å². The van der Waals surface area contributed by atoms with E-state index >= 15 is 0 Å². The van der Waals surface area contributed by atoms with Crippen molar-refractivity contribution in [2.75, 3.05) is 0 Å². The minimum Gasteiger partial charge on any atom is -0.481 e. The van der Waals surface area contributed by atoms with Crippen LogP contribution in [0.5, 0.6) is 0 Å². The molecular formula is C30H52O4Si. The summed E-state index contributed by atoms with van der Waals surface area (Å²) in [7, 11) is -1.81. The van der Waals surface area contributed by atoms with E-state index in [1.54, 1.807) is 0 Å². The number of Topliss-reactive ketones (excluding diaryl/α,β-unsaturated/α-hetero) is 1. The Hall–Kier alpha value is -0.683. The van der Waals surface area contributed by atoms with E-state index in [9.17, 15) is 14.7 Å². The number of aliphatic carboxylic acids is 1. The van der Waals surface area contributed by atoms with Crippen LogP contribution in [-0.2, 0) is 14.0 Å². The van der Waals surface area contributed by atoms with Gasteiger partial charge in [-0.1, -0.05) is 41.5 Å². The van der Waals surface area contributed by atoms with E-state index in [1.165, 1.54) is 25.7 Å². The molecule has 4 fully saturated rings. The summed E-state index contributed by atoms with van der Waals surface area (Å²) in [6, 6.07) is 0. The average Bonchev–Trinajstić information content (AvgIpc) is 3.09. The van der Waals surface area contributed by atoms with Gasteiger partial charge in [0.1, 0.15) is 5.78 Å². The van der Waals surface area contributed by atoms with Crippen molar-refractivity contribution in [2.24, 2.45) is 46.3 Å². The normalized spacial score (nSPS) is 42.7. The van der Waals surface area contributed by atoms with Crippen molar-refractivity contribution >= 4 is 20.1 Å². The second-order valence-corrected chi connectivity index (χ2v) is 19.8. The highest BCUT2D eigenvalue weighted by atomic mass is 28.4. The smallest absolute Gasteiger partial charge is 0.303 e. The van der Waals surface area contributed by atoms with Gasteiger partial charge in [-0.3, -0.25) is 9.59 Å². The highest BCUT2D eigenvalue weighted by molar-refractivity contribution is 6.74. The Bertz CT molecular complexity index is 831. The monoisotopic (exact) mass is 504 g/mol. The van der Waals surface area contributed by atoms with E-state index in [4.69, 9.17) is 4.43 Å². The average molecular weight is 505 g/mol. The topological polar surface area (TPSA) is 63.6 Å². The van der Waals surface area contributed by atoms with E-state index in [-0.39, 0.29) is 28.2 Å². The van der Waals surface area contributed by atoms with Crippen LogP contribution in [0.4, 0.5) is 0 Å². The summed E-state index contributed by atoms with van der Waals surface area (Å²) in [6.45, 7) is 18.9. The molecule has 0 spiro atoms. The highest BCUT2D eigenvalue weighted by Crippen LogP contribution is 2.67. The standard InChI is InChI=1S/C30H52O4Si/c1-19(9-12-26(32)33)22-10-11-23-27-24(14-16-30(22,23)6)29(5)15-13-21(17-20(29)18-25(27)31)34-35(7,8)28(2,3)4/h19-24,27H,9-18H2,1-8H3,(H,32,33)/t19-,20+,21?,22-,23+,24+,27+,29+,30-/m1/s1. The largest absolute Gasteiger partial charge is 0.481 e. The predicted octanol–water partition coefficient (Wildman–Crippen LogP) is 7.72. The second-order valence-electron chi connectivity index (χ2n) is 15.0. The first-order chi connectivity index (χ1) is 16.1. The molecule has 1 N–H and O–H groups in total. The van der Waals surface area contributed by atoms with Gasteiger partial charge in [0.25, 0.3) is 0 Å². The molecule has 0 saturated heterocycles. The first-order valence-corrected chi connectivity index (χ1v) is 17.4. The van der Waals surface area contributed by atoms with Crippen LogP contribution in [0.3, 0.4) is 0 Å². The lowest BCUT2D eigenvalue weighted by Crippen LogP contribution is -2.58. The Labute approximate surface area is 215 Å². The molecule has 4 aliphatic carbocycles. The Kier molecular flexibility index (Phi) is 7.23. The number of fused-ring (bicyclic) bond motifs is 5. The molecule has 0 aromatic heterocycles. The third-order valence-corrected chi connectivity index (χ3v) is 16.8. The second kappa shape index (κ2) is 9.25.